The summed E-state index contributed by atoms with van der Waals surface area (Å²) in [6, 6.07) is 0. The zero-order valence-corrected chi connectivity index (χ0v) is 16.1. The highest BCUT2D eigenvalue weighted by Gasteiger charge is 2.32. The van der Waals surface area contributed by atoms with E-state index in [0.717, 1.165) is 51.4 Å². The van der Waals surface area contributed by atoms with Gasteiger partial charge in [-0.05, 0) is 24.7 Å². The van der Waals surface area contributed by atoms with E-state index in [0.29, 0.717) is 24.7 Å². The molecule has 4 nitrogen and oxygen atoms in total. The molecule has 0 aliphatic carbocycles. The molecule has 0 bridgehead atoms. The van der Waals surface area contributed by atoms with Crippen molar-refractivity contribution in [1.29, 1.82) is 0 Å². The summed E-state index contributed by atoms with van der Waals surface area (Å²) < 4.78 is 0. The van der Waals surface area contributed by atoms with Crippen LogP contribution in [0.5, 0.6) is 0 Å². The Morgan fingerprint density at radius 3 is 1.12 bits per heavy atom. The summed E-state index contributed by atoms with van der Waals surface area (Å²) in [4.78, 5) is 23.1. The summed E-state index contributed by atoms with van der Waals surface area (Å²) in [5.74, 6) is -2.06. The van der Waals surface area contributed by atoms with Crippen molar-refractivity contribution in [3.8, 4) is 0 Å². The van der Waals surface area contributed by atoms with Gasteiger partial charge in [-0.3, -0.25) is 9.59 Å². The lowest BCUT2D eigenvalue weighted by atomic mass is 9.83. The molecule has 0 radical (unpaired) electrons. The molecule has 0 amide bonds. The Kier molecular flexibility index (Phi) is 12.7. The number of rotatable bonds is 15. The largest absolute Gasteiger partial charge is 0.481 e. The molecule has 0 saturated heterocycles. The number of aliphatic carboxylic acids is 2. The van der Waals surface area contributed by atoms with Crippen LogP contribution in [0.25, 0.3) is 0 Å². The molecule has 0 saturated carbocycles. The summed E-state index contributed by atoms with van der Waals surface area (Å²) in [5.41, 5.74) is 0. The monoisotopic (exact) mass is 342 g/mol. The highest BCUT2D eigenvalue weighted by molar-refractivity contribution is 5.79. The van der Waals surface area contributed by atoms with Crippen molar-refractivity contribution in [3.05, 3.63) is 0 Å². The lowest BCUT2D eigenvalue weighted by Gasteiger charge is -2.20. The molecular formula is C20H38O4. The Morgan fingerprint density at radius 2 is 0.875 bits per heavy atom. The number of carboxylic acid groups (broad SMARTS) is 2. The average molecular weight is 343 g/mol. The van der Waals surface area contributed by atoms with Gasteiger partial charge in [0.15, 0.2) is 0 Å². The summed E-state index contributed by atoms with van der Waals surface area (Å²) in [6.45, 7) is 8.72. The van der Waals surface area contributed by atoms with Crippen molar-refractivity contribution in [1.82, 2.24) is 0 Å². The maximum atomic E-state index is 11.5. The molecular weight excluding hydrogens is 304 g/mol. The third-order valence-electron chi connectivity index (χ3n) is 4.71. The lowest BCUT2D eigenvalue weighted by molar-refractivity contribution is -0.154. The summed E-state index contributed by atoms with van der Waals surface area (Å²) in [7, 11) is 0. The molecule has 142 valence electrons. The normalized spacial score (nSPS) is 14.1. The van der Waals surface area contributed by atoms with Crippen molar-refractivity contribution in [3.63, 3.8) is 0 Å². The zero-order chi connectivity index (χ0) is 18.5. The van der Waals surface area contributed by atoms with E-state index in [1.165, 1.54) is 0 Å². The van der Waals surface area contributed by atoms with Crippen LogP contribution >= 0.6 is 0 Å². The fourth-order valence-electron chi connectivity index (χ4n) is 3.18. The van der Waals surface area contributed by atoms with Gasteiger partial charge in [0.1, 0.15) is 0 Å². The van der Waals surface area contributed by atoms with Crippen LogP contribution < -0.4 is 0 Å². The number of hydrogen-bond donors (Lipinski definition) is 2. The summed E-state index contributed by atoms with van der Waals surface area (Å²) >= 11 is 0. The predicted molar refractivity (Wildman–Crippen MR) is 98.1 cm³/mol. The Labute approximate surface area is 148 Å². The third kappa shape index (κ3) is 11.5. The van der Waals surface area contributed by atoms with Crippen LogP contribution in [0.3, 0.4) is 0 Å². The first-order chi connectivity index (χ1) is 11.3. The van der Waals surface area contributed by atoms with Crippen LogP contribution in [-0.4, -0.2) is 22.2 Å². The molecule has 2 unspecified atom stereocenters. The Hall–Kier alpha value is -1.06. The summed E-state index contributed by atoms with van der Waals surface area (Å²) in [6.07, 6.45) is 9.04. The van der Waals surface area contributed by atoms with Crippen molar-refractivity contribution in [2.24, 2.45) is 23.7 Å². The van der Waals surface area contributed by atoms with Gasteiger partial charge in [0, 0.05) is 0 Å². The van der Waals surface area contributed by atoms with Gasteiger partial charge in [0.2, 0.25) is 0 Å². The van der Waals surface area contributed by atoms with E-state index in [9.17, 15) is 19.8 Å². The Bertz CT molecular complexity index is 316. The van der Waals surface area contributed by atoms with Crippen LogP contribution in [0, 0.1) is 23.7 Å². The van der Waals surface area contributed by atoms with E-state index in [4.69, 9.17) is 0 Å². The van der Waals surface area contributed by atoms with E-state index >= 15 is 0 Å². The van der Waals surface area contributed by atoms with Gasteiger partial charge in [-0.2, -0.15) is 0 Å². The first-order valence-electron chi connectivity index (χ1n) is 9.71. The second-order valence-corrected chi connectivity index (χ2v) is 7.95. The van der Waals surface area contributed by atoms with E-state index in [-0.39, 0.29) is 0 Å². The first-order valence-corrected chi connectivity index (χ1v) is 9.71. The van der Waals surface area contributed by atoms with Gasteiger partial charge in [0.05, 0.1) is 11.8 Å². The minimum Gasteiger partial charge on any atom is -0.481 e. The number of unbranched alkanes of at least 4 members (excludes halogenated alkanes) is 4. The van der Waals surface area contributed by atoms with Crippen LogP contribution in [0.1, 0.15) is 91.9 Å². The van der Waals surface area contributed by atoms with Crippen molar-refractivity contribution >= 4 is 11.9 Å². The fourth-order valence-corrected chi connectivity index (χ4v) is 3.18. The Balaban J connectivity index is 4.31. The molecule has 0 spiro atoms. The van der Waals surface area contributed by atoms with Gasteiger partial charge >= 0.3 is 11.9 Å². The highest BCUT2D eigenvalue weighted by atomic mass is 16.4. The quantitative estimate of drug-likeness (QED) is 0.380. The number of carbonyl (C=O) groups is 2. The third-order valence-corrected chi connectivity index (χ3v) is 4.71. The second kappa shape index (κ2) is 13.3. The van der Waals surface area contributed by atoms with E-state index in [1.54, 1.807) is 0 Å². The smallest absolute Gasteiger partial charge is 0.307 e. The van der Waals surface area contributed by atoms with Crippen LogP contribution in [0.4, 0.5) is 0 Å². The molecule has 2 N–H and O–H groups in total. The molecule has 4 heteroatoms. The molecule has 0 aliphatic heterocycles. The van der Waals surface area contributed by atoms with Gasteiger partial charge in [-0.15, -0.1) is 0 Å². The lowest BCUT2D eigenvalue weighted by Crippen LogP contribution is -2.30. The molecule has 0 aromatic heterocycles. The standard InChI is InChI=1S/C20H38O4/c1-15(2)11-7-5-9-13-17(19(21)22)18(20(23)24)14-10-6-8-12-16(3)4/h15-18H,5-14H2,1-4H3,(H,21,22)(H,23,24). The zero-order valence-electron chi connectivity index (χ0n) is 16.1. The Morgan fingerprint density at radius 1 is 0.583 bits per heavy atom. The highest BCUT2D eigenvalue weighted by Crippen LogP contribution is 2.26. The molecule has 0 rings (SSSR count). The number of hydrogen-bond acceptors (Lipinski definition) is 2. The predicted octanol–water partition coefficient (Wildman–Crippen LogP) is 5.60. The van der Waals surface area contributed by atoms with Gasteiger partial charge in [-0.25, -0.2) is 0 Å². The molecule has 0 heterocycles. The minimum absolute atomic E-state index is 0.483. The van der Waals surface area contributed by atoms with Crippen LogP contribution in [0.15, 0.2) is 0 Å². The van der Waals surface area contributed by atoms with E-state index in [2.05, 4.69) is 27.7 Å². The van der Waals surface area contributed by atoms with E-state index < -0.39 is 23.8 Å². The maximum absolute atomic E-state index is 11.5. The summed E-state index contributed by atoms with van der Waals surface area (Å²) in [5, 5.41) is 18.9. The molecule has 0 aromatic carbocycles. The molecule has 0 aliphatic rings. The molecule has 0 aromatic rings. The second-order valence-electron chi connectivity index (χ2n) is 7.95. The van der Waals surface area contributed by atoms with Crippen LogP contribution in [0.2, 0.25) is 0 Å². The van der Waals surface area contributed by atoms with Gasteiger partial charge in [-0.1, -0.05) is 79.1 Å². The van der Waals surface area contributed by atoms with Gasteiger partial charge in [0.25, 0.3) is 0 Å². The molecule has 2 atom stereocenters. The van der Waals surface area contributed by atoms with Crippen molar-refractivity contribution < 1.29 is 19.8 Å². The SMILES string of the molecule is CC(C)CCCCCC(C(=O)O)C(CCCCCC(C)C)C(=O)O. The number of carboxylic acids is 2. The van der Waals surface area contributed by atoms with Gasteiger partial charge < -0.3 is 10.2 Å². The molecule has 0 fully saturated rings. The maximum Gasteiger partial charge on any atom is 0.307 e. The fraction of sp³-hybridized carbons (Fsp3) is 0.900. The average Bonchev–Trinajstić information content (AvgIpc) is 2.46. The van der Waals surface area contributed by atoms with Crippen molar-refractivity contribution in [2.75, 3.05) is 0 Å². The topological polar surface area (TPSA) is 74.6 Å². The van der Waals surface area contributed by atoms with Crippen LogP contribution in [-0.2, 0) is 9.59 Å². The minimum atomic E-state index is -0.951. The van der Waals surface area contributed by atoms with E-state index in [1.807, 2.05) is 0 Å². The van der Waals surface area contributed by atoms with Crippen molar-refractivity contribution in [2.45, 2.75) is 91.9 Å². The first kappa shape index (κ1) is 22.9. The molecule has 24 heavy (non-hydrogen) atoms.